The van der Waals surface area contributed by atoms with Gasteiger partial charge >= 0.3 is 0 Å². The molecule has 0 radical (unpaired) electrons. The van der Waals surface area contributed by atoms with Crippen LogP contribution in [0.2, 0.25) is 0 Å². The number of nitrogens with one attached hydrogen (secondary N) is 1. The molecule has 0 aliphatic rings. The number of carbonyl (C=O) groups is 1. The number of hydrogen-bond acceptors (Lipinski definition) is 3. The lowest BCUT2D eigenvalue weighted by Crippen LogP contribution is -2.21. The largest absolute Gasteiger partial charge is 0.397 e. The number of nitrogen functional groups attached to an aromatic ring is 1. The van der Waals surface area contributed by atoms with Crippen molar-refractivity contribution in [2.75, 3.05) is 31.7 Å². The van der Waals surface area contributed by atoms with Crippen LogP contribution in [0.5, 0.6) is 0 Å². The summed E-state index contributed by atoms with van der Waals surface area (Å²) < 4.78 is 0. The molecule has 0 aromatic heterocycles. The number of amides is 1. The molecular weight excluding hydrogens is 262 g/mol. The Kier molecular flexibility index (Phi) is 7.65. The average Bonchev–Trinajstić information content (AvgIpc) is 2.47. The van der Waals surface area contributed by atoms with Crippen LogP contribution in [0.3, 0.4) is 0 Å². The molecule has 118 valence electrons. The Morgan fingerprint density at radius 1 is 1.14 bits per heavy atom. The quantitative estimate of drug-likeness (QED) is 0.538. The lowest BCUT2D eigenvalue weighted by Gasteiger charge is -2.14. The Hall–Kier alpha value is -1.71. The van der Waals surface area contributed by atoms with Gasteiger partial charge in [0.1, 0.15) is 0 Å². The van der Waals surface area contributed by atoms with Gasteiger partial charge in [0.25, 0.3) is 5.91 Å². The van der Waals surface area contributed by atoms with Crippen molar-refractivity contribution in [3.05, 3.63) is 23.8 Å². The first-order valence-corrected chi connectivity index (χ1v) is 7.91. The Morgan fingerprint density at radius 3 is 2.48 bits per heavy atom. The third-order valence-electron chi connectivity index (χ3n) is 3.55. The summed E-state index contributed by atoms with van der Waals surface area (Å²) in [7, 11) is 3.50. The lowest BCUT2D eigenvalue weighted by atomic mass is 10.1. The molecule has 0 spiro atoms. The maximum Gasteiger partial charge on any atom is 0.253 e. The molecule has 0 aliphatic carbocycles. The summed E-state index contributed by atoms with van der Waals surface area (Å²) in [6.07, 6.45) is 7.60. The van der Waals surface area contributed by atoms with E-state index < -0.39 is 0 Å². The average molecular weight is 291 g/mol. The van der Waals surface area contributed by atoms with Gasteiger partial charge in [-0.1, -0.05) is 39.0 Å². The molecule has 0 heterocycles. The van der Waals surface area contributed by atoms with E-state index in [9.17, 15) is 4.79 Å². The normalized spacial score (nSPS) is 10.4. The molecule has 1 aromatic rings. The fourth-order valence-electron chi connectivity index (χ4n) is 2.23. The van der Waals surface area contributed by atoms with Crippen LogP contribution >= 0.6 is 0 Å². The smallest absolute Gasteiger partial charge is 0.253 e. The van der Waals surface area contributed by atoms with Crippen LogP contribution in [0, 0.1) is 0 Å². The number of unbranched alkanes of at least 4 members (excludes halogenated alkanes) is 5. The van der Waals surface area contributed by atoms with Crippen LogP contribution in [-0.2, 0) is 0 Å². The van der Waals surface area contributed by atoms with Crippen LogP contribution in [0.1, 0.15) is 55.8 Å². The molecule has 0 saturated carbocycles. The second-order valence-corrected chi connectivity index (χ2v) is 5.70. The number of hydrogen-bond donors (Lipinski definition) is 2. The second-order valence-electron chi connectivity index (χ2n) is 5.70. The fraction of sp³-hybridized carbons (Fsp3) is 0.588. The van der Waals surface area contributed by atoms with Crippen LogP contribution in [0.15, 0.2) is 18.2 Å². The number of nitrogens with zero attached hydrogens (tertiary/aromatic N) is 1. The second kappa shape index (κ2) is 9.27. The molecule has 1 aromatic carbocycles. The van der Waals surface area contributed by atoms with E-state index in [1.165, 1.54) is 32.1 Å². The molecule has 3 N–H and O–H groups in total. The van der Waals surface area contributed by atoms with Crippen molar-refractivity contribution in [3.63, 3.8) is 0 Å². The summed E-state index contributed by atoms with van der Waals surface area (Å²) in [5.41, 5.74) is 8.17. The van der Waals surface area contributed by atoms with Crippen molar-refractivity contribution < 1.29 is 4.79 Å². The number of nitrogens with two attached hydrogens (primary N) is 1. The zero-order valence-electron chi connectivity index (χ0n) is 13.6. The number of anilines is 2. The third kappa shape index (κ3) is 6.06. The number of carbonyl (C=O) groups excluding carboxylic acids is 1. The van der Waals surface area contributed by atoms with Crippen molar-refractivity contribution >= 4 is 17.3 Å². The van der Waals surface area contributed by atoms with Gasteiger partial charge in [0, 0.05) is 26.2 Å². The Balaban J connectivity index is 2.44. The Bertz CT molecular complexity index is 444. The first-order chi connectivity index (χ1) is 10.1. The zero-order chi connectivity index (χ0) is 15.7. The first-order valence-electron chi connectivity index (χ1n) is 7.91. The maximum atomic E-state index is 11.9. The predicted molar refractivity (Wildman–Crippen MR) is 90.7 cm³/mol. The van der Waals surface area contributed by atoms with Gasteiger partial charge in [-0.25, -0.2) is 0 Å². The summed E-state index contributed by atoms with van der Waals surface area (Å²) in [5, 5.41) is 3.34. The summed E-state index contributed by atoms with van der Waals surface area (Å²) in [6, 6.07) is 5.41. The zero-order valence-corrected chi connectivity index (χ0v) is 13.6. The van der Waals surface area contributed by atoms with Gasteiger partial charge in [-0.3, -0.25) is 4.79 Å². The highest BCUT2D eigenvalue weighted by Crippen LogP contribution is 2.21. The van der Waals surface area contributed by atoms with Crippen LogP contribution in [0.4, 0.5) is 11.4 Å². The van der Waals surface area contributed by atoms with E-state index in [0.717, 1.165) is 18.7 Å². The van der Waals surface area contributed by atoms with Gasteiger partial charge in [0.05, 0.1) is 11.4 Å². The SMILES string of the molecule is CCCCCCCCNc1cc(C(=O)N(C)C)ccc1N. The van der Waals surface area contributed by atoms with Gasteiger partial charge in [-0.2, -0.15) is 0 Å². The number of benzene rings is 1. The lowest BCUT2D eigenvalue weighted by molar-refractivity contribution is 0.0827. The maximum absolute atomic E-state index is 11.9. The van der Waals surface area contributed by atoms with Gasteiger partial charge in [0.15, 0.2) is 0 Å². The highest BCUT2D eigenvalue weighted by Gasteiger charge is 2.09. The van der Waals surface area contributed by atoms with E-state index in [-0.39, 0.29) is 5.91 Å². The van der Waals surface area contributed by atoms with E-state index in [2.05, 4.69) is 12.2 Å². The fourth-order valence-corrected chi connectivity index (χ4v) is 2.23. The first kappa shape index (κ1) is 17.3. The molecule has 4 nitrogen and oxygen atoms in total. The molecule has 1 amide bonds. The van der Waals surface area contributed by atoms with Gasteiger partial charge in [0.2, 0.25) is 0 Å². The van der Waals surface area contributed by atoms with E-state index in [1.54, 1.807) is 31.1 Å². The van der Waals surface area contributed by atoms with Crippen molar-refractivity contribution in [2.45, 2.75) is 45.4 Å². The minimum atomic E-state index is -0.00221. The highest BCUT2D eigenvalue weighted by molar-refractivity contribution is 5.95. The molecule has 0 unspecified atom stereocenters. The molecule has 1 rings (SSSR count). The molecule has 0 fully saturated rings. The molecule has 0 bridgehead atoms. The van der Waals surface area contributed by atoms with Crippen LogP contribution < -0.4 is 11.1 Å². The van der Waals surface area contributed by atoms with Crippen molar-refractivity contribution in [1.29, 1.82) is 0 Å². The third-order valence-corrected chi connectivity index (χ3v) is 3.55. The van der Waals surface area contributed by atoms with E-state index >= 15 is 0 Å². The molecule has 0 atom stereocenters. The van der Waals surface area contributed by atoms with E-state index in [4.69, 9.17) is 5.73 Å². The topological polar surface area (TPSA) is 58.4 Å². The summed E-state index contributed by atoms with van der Waals surface area (Å²) in [5.74, 6) is -0.00221. The van der Waals surface area contributed by atoms with E-state index in [1.807, 2.05) is 6.07 Å². The minimum Gasteiger partial charge on any atom is -0.397 e. The molecule has 4 heteroatoms. The Morgan fingerprint density at radius 2 is 1.81 bits per heavy atom. The standard InChI is InChI=1S/C17H29N3O/c1-4-5-6-7-8-9-12-19-16-13-14(10-11-15(16)18)17(21)20(2)3/h10-11,13,19H,4-9,12,18H2,1-3H3. The van der Waals surface area contributed by atoms with Crippen molar-refractivity contribution in [2.24, 2.45) is 0 Å². The summed E-state index contributed by atoms with van der Waals surface area (Å²) in [6.45, 7) is 3.13. The van der Waals surface area contributed by atoms with Gasteiger partial charge in [-0.05, 0) is 24.6 Å². The molecular formula is C17H29N3O. The summed E-state index contributed by atoms with van der Waals surface area (Å²) >= 11 is 0. The molecule has 0 aliphatic heterocycles. The minimum absolute atomic E-state index is 0.00221. The molecule has 0 saturated heterocycles. The summed E-state index contributed by atoms with van der Waals surface area (Å²) in [4.78, 5) is 13.5. The monoisotopic (exact) mass is 291 g/mol. The molecule has 21 heavy (non-hydrogen) atoms. The van der Waals surface area contributed by atoms with Crippen LogP contribution in [0.25, 0.3) is 0 Å². The van der Waals surface area contributed by atoms with Crippen molar-refractivity contribution in [3.8, 4) is 0 Å². The van der Waals surface area contributed by atoms with E-state index in [0.29, 0.717) is 11.3 Å². The number of rotatable bonds is 9. The van der Waals surface area contributed by atoms with Gasteiger partial charge < -0.3 is 16.0 Å². The predicted octanol–water partition coefficient (Wildman–Crippen LogP) is 3.74. The highest BCUT2D eigenvalue weighted by atomic mass is 16.2. The van der Waals surface area contributed by atoms with Gasteiger partial charge in [-0.15, -0.1) is 0 Å². The van der Waals surface area contributed by atoms with Crippen LogP contribution in [-0.4, -0.2) is 31.4 Å². The van der Waals surface area contributed by atoms with Crippen molar-refractivity contribution in [1.82, 2.24) is 4.90 Å². The Labute approximate surface area is 128 Å².